The van der Waals surface area contributed by atoms with Crippen molar-refractivity contribution >= 4 is 23.1 Å². The first kappa shape index (κ1) is 12.1. The van der Waals surface area contributed by atoms with Crippen molar-refractivity contribution in [3.63, 3.8) is 0 Å². The molecule has 0 bridgehead atoms. The van der Waals surface area contributed by atoms with Crippen molar-refractivity contribution in [1.82, 2.24) is 9.97 Å². The number of benzene rings is 1. The van der Waals surface area contributed by atoms with Crippen LogP contribution in [0.2, 0.25) is 5.02 Å². The lowest BCUT2D eigenvalue weighted by Gasteiger charge is -2.07. The third-order valence-electron chi connectivity index (χ3n) is 2.03. The van der Waals surface area contributed by atoms with Crippen molar-refractivity contribution in [2.75, 3.05) is 5.73 Å². The van der Waals surface area contributed by atoms with Crippen molar-refractivity contribution < 1.29 is 9.66 Å². The number of nitrogens with zero attached hydrogens (tertiary/aromatic N) is 3. The Labute approximate surface area is 106 Å². The van der Waals surface area contributed by atoms with Crippen LogP contribution in [-0.4, -0.2) is 14.9 Å². The predicted molar refractivity (Wildman–Crippen MR) is 64.6 cm³/mol. The molecule has 2 aromatic rings. The second kappa shape index (κ2) is 4.84. The number of nitro benzene ring substituents is 1. The number of anilines is 1. The Morgan fingerprint density at radius 1 is 1.33 bits per heavy atom. The molecule has 0 spiro atoms. The number of para-hydroxylation sites is 1. The Morgan fingerprint density at radius 2 is 2.06 bits per heavy atom. The van der Waals surface area contributed by atoms with E-state index in [0.717, 1.165) is 0 Å². The minimum Gasteiger partial charge on any atom is -0.427 e. The molecule has 0 aliphatic rings. The highest BCUT2D eigenvalue weighted by atomic mass is 35.5. The van der Waals surface area contributed by atoms with Crippen LogP contribution in [0, 0.1) is 10.1 Å². The van der Waals surface area contributed by atoms with Gasteiger partial charge < -0.3 is 10.5 Å². The zero-order chi connectivity index (χ0) is 13.1. The second-order valence-corrected chi connectivity index (χ2v) is 3.60. The second-order valence-electron chi connectivity index (χ2n) is 3.19. The van der Waals surface area contributed by atoms with Crippen molar-refractivity contribution in [3.05, 3.63) is 45.7 Å². The fourth-order valence-electron chi connectivity index (χ4n) is 1.25. The Balaban J connectivity index is 2.46. The summed E-state index contributed by atoms with van der Waals surface area (Å²) in [5.41, 5.74) is 5.26. The quantitative estimate of drug-likeness (QED) is 0.676. The van der Waals surface area contributed by atoms with Crippen LogP contribution in [0.3, 0.4) is 0 Å². The Morgan fingerprint density at radius 3 is 2.72 bits per heavy atom. The minimum atomic E-state index is -0.603. The average molecular weight is 267 g/mol. The third-order valence-corrected chi connectivity index (χ3v) is 2.33. The largest absolute Gasteiger partial charge is 0.427 e. The maximum atomic E-state index is 10.8. The number of rotatable bonds is 3. The molecule has 18 heavy (non-hydrogen) atoms. The predicted octanol–water partition coefficient (Wildman–Crippen LogP) is 2.41. The van der Waals surface area contributed by atoms with E-state index in [2.05, 4.69) is 9.97 Å². The summed E-state index contributed by atoms with van der Waals surface area (Å²) < 4.78 is 5.26. The topological polar surface area (TPSA) is 104 Å². The van der Waals surface area contributed by atoms with Gasteiger partial charge in [0.15, 0.2) is 5.82 Å². The molecule has 2 N–H and O–H groups in total. The summed E-state index contributed by atoms with van der Waals surface area (Å²) in [4.78, 5) is 17.8. The molecule has 1 aromatic carbocycles. The molecular weight excluding hydrogens is 260 g/mol. The van der Waals surface area contributed by atoms with E-state index in [-0.39, 0.29) is 28.2 Å². The van der Waals surface area contributed by atoms with Crippen molar-refractivity contribution in [1.29, 1.82) is 0 Å². The van der Waals surface area contributed by atoms with Crippen LogP contribution in [0.25, 0.3) is 0 Å². The fourth-order valence-corrected chi connectivity index (χ4v) is 1.46. The summed E-state index contributed by atoms with van der Waals surface area (Å²) in [6.07, 6.45) is 2.73. The monoisotopic (exact) mass is 266 g/mol. The molecule has 0 saturated heterocycles. The van der Waals surface area contributed by atoms with E-state index in [1.165, 1.54) is 30.6 Å². The van der Waals surface area contributed by atoms with Crippen LogP contribution in [-0.2, 0) is 0 Å². The van der Waals surface area contributed by atoms with Crippen molar-refractivity contribution in [3.8, 4) is 11.6 Å². The number of hydrogen-bond donors (Lipinski definition) is 1. The van der Waals surface area contributed by atoms with Crippen LogP contribution in [0.4, 0.5) is 11.5 Å². The van der Waals surface area contributed by atoms with Gasteiger partial charge in [0.2, 0.25) is 5.75 Å². The van der Waals surface area contributed by atoms with Gasteiger partial charge in [-0.1, -0.05) is 17.7 Å². The average Bonchev–Trinajstić information content (AvgIpc) is 2.34. The minimum absolute atomic E-state index is 0.0201. The molecule has 92 valence electrons. The molecule has 1 heterocycles. The lowest BCUT2D eigenvalue weighted by Crippen LogP contribution is -1.99. The van der Waals surface area contributed by atoms with Crippen LogP contribution in [0.5, 0.6) is 11.6 Å². The standard InChI is InChI=1S/C10H7ClN4O3/c11-6-2-1-3-7(15(16)17)8(6)18-10-9(12)13-4-5-14-10/h1-5H,(H2,12,13). The zero-order valence-corrected chi connectivity index (χ0v) is 9.66. The highest BCUT2D eigenvalue weighted by Gasteiger charge is 2.20. The van der Waals surface area contributed by atoms with Crippen molar-refractivity contribution in [2.45, 2.75) is 0 Å². The first-order chi connectivity index (χ1) is 8.59. The molecule has 0 amide bonds. The normalized spacial score (nSPS) is 10.1. The molecule has 0 radical (unpaired) electrons. The Bertz CT molecular complexity index is 605. The highest BCUT2D eigenvalue weighted by Crippen LogP contribution is 2.37. The van der Waals surface area contributed by atoms with E-state index in [1.54, 1.807) is 0 Å². The third kappa shape index (κ3) is 2.30. The van der Waals surface area contributed by atoms with Gasteiger partial charge in [0.1, 0.15) is 0 Å². The van der Waals surface area contributed by atoms with Crippen LogP contribution in [0.15, 0.2) is 30.6 Å². The maximum absolute atomic E-state index is 10.8. The van der Waals surface area contributed by atoms with Crippen molar-refractivity contribution in [2.24, 2.45) is 0 Å². The first-order valence-corrected chi connectivity index (χ1v) is 5.14. The number of ether oxygens (including phenoxy) is 1. The van der Waals surface area contributed by atoms with E-state index < -0.39 is 4.92 Å². The maximum Gasteiger partial charge on any atom is 0.313 e. The van der Waals surface area contributed by atoms with E-state index in [9.17, 15) is 10.1 Å². The highest BCUT2D eigenvalue weighted by molar-refractivity contribution is 6.32. The molecule has 0 aliphatic heterocycles. The van der Waals surface area contributed by atoms with E-state index in [0.29, 0.717) is 0 Å². The lowest BCUT2D eigenvalue weighted by molar-refractivity contribution is -0.385. The number of nitro groups is 1. The zero-order valence-electron chi connectivity index (χ0n) is 8.91. The fraction of sp³-hybridized carbons (Fsp3) is 0. The van der Waals surface area contributed by atoms with Gasteiger partial charge in [0.05, 0.1) is 9.95 Å². The lowest BCUT2D eigenvalue weighted by atomic mass is 10.3. The van der Waals surface area contributed by atoms with Gasteiger partial charge >= 0.3 is 5.69 Å². The van der Waals surface area contributed by atoms with Crippen LogP contribution >= 0.6 is 11.6 Å². The molecule has 0 atom stereocenters. The van der Waals surface area contributed by atoms with Gasteiger partial charge in [-0.2, -0.15) is 0 Å². The molecule has 2 rings (SSSR count). The van der Waals surface area contributed by atoms with Gasteiger partial charge in [0.25, 0.3) is 5.88 Å². The molecule has 7 nitrogen and oxygen atoms in total. The van der Waals surface area contributed by atoms with Gasteiger partial charge in [-0.3, -0.25) is 10.1 Å². The number of hydrogen-bond acceptors (Lipinski definition) is 6. The summed E-state index contributed by atoms with van der Waals surface area (Å²) in [5.74, 6) is -0.128. The van der Waals surface area contributed by atoms with Gasteiger partial charge in [-0.15, -0.1) is 0 Å². The molecule has 0 fully saturated rings. The summed E-state index contributed by atoms with van der Waals surface area (Å²) >= 11 is 5.86. The van der Waals surface area contributed by atoms with Gasteiger partial charge in [0, 0.05) is 18.5 Å². The summed E-state index contributed by atoms with van der Waals surface area (Å²) in [5, 5.41) is 10.9. The van der Waals surface area contributed by atoms with Crippen LogP contribution < -0.4 is 10.5 Å². The number of halogens is 1. The van der Waals surface area contributed by atoms with E-state index in [4.69, 9.17) is 22.1 Å². The number of aromatic nitrogens is 2. The number of nitrogens with two attached hydrogens (primary N) is 1. The Hall–Kier alpha value is -2.41. The van der Waals surface area contributed by atoms with E-state index in [1.807, 2.05) is 0 Å². The number of nitrogen functional groups attached to an aromatic ring is 1. The SMILES string of the molecule is Nc1nccnc1Oc1c(Cl)cccc1[N+](=O)[O-]. The van der Waals surface area contributed by atoms with Gasteiger partial charge in [-0.05, 0) is 6.07 Å². The molecular formula is C10H7ClN4O3. The van der Waals surface area contributed by atoms with E-state index >= 15 is 0 Å². The first-order valence-electron chi connectivity index (χ1n) is 4.77. The summed E-state index contributed by atoms with van der Waals surface area (Å²) in [7, 11) is 0. The molecule has 1 aromatic heterocycles. The smallest absolute Gasteiger partial charge is 0.313 e. The molecule has 0 unspecified atom stereocenters. The molecule has 0 saturated carbocycles. The molecule has 0 aliphatic carbocycles. The van der Waals surface area contributed by atoms with Gasteiger partial charge in [-0.25, -0.2) is 9.97 Å². The van der Waals surface area contributed by atoms with Crippen LogP contribution in [0.1, 0.15) is 0 Å². The Kier molecular flexibility index (Phi) is 3.24. The summed E-state index contributed by atoms with van der Waals surface area (Å²) in [6.45, 7) is 0. The molecule has 8 heteroatoms. The summed E-state index contributed by atoms with van der Waals surface area (Å²) in [6, 6.07) is 4.19.